The fraction of sp³-hybridized carbons (Fsp3) is 0.520. The van der Waals surface area contributed by atoms with Gasteiger partial charge in [-0.1, -0.05) is 0 Å². The van der Waals surface area contributed by atoms with Gasteiger partial charge in [0.25, 0.3) is 0 Å². The van der Waals surface area contributed by atoms with E-state index < -0.39 is 45.7 Å². The van der Waals surface area contributed by atoms with E-state index in [0.29, 0.717) is 12.1 Å². The largest absolute Gasteiger partial charge is 0.458 e. The quantitative estimate of drug-likeness (QED) is 0.481. The Morgan fingerprint density at radius 3 is 2.29 bits per heavy atom. The molecule has 2 aromatic rings. The van der Waals surface area contributed by atoms with Crippen LogP contribution in [0.3, 0.4) is 0 Å². The van der Waals surface area contributed by atoms with E-state index in [9.17, 15) is 22.8 Å². The highest BCUT2D eigenvalue weighted by Crippen LogP contribution is 2.31. The van der Waals surface area contributed by atoms with Crippen LogP contribution < -0.4 is 9.64 Å². The molecule has 12 nitrogen and oxygen atoms in total. The summed E-state index contributed by atoms with van der Waals surface area (Å²) >= 11 is 0. The number of sulfonamides is 1. The van der Waals surface area contributed by atoms with E-state index in [0.717, 1.165) is 4.31 Å². The summed E-state index contributed by atoms with van der Waals surface area (Å²) in [7, 11) is 0.696. The molecule has 1 aliphatic rings. The first-order valence-corrected chi connectivity index (χ1v) is 13.6. The lowest BCUT2D eigenvalue weighted by atomic mass is 10.1. The van der Waals surface area contributed by atoms with Gasteiger partial charge in [0.05, 0.1) is 6.20 Å². The van der Waals surface area contributed by atoms with Gasteiger partial charge in [0.15, 0.2) is 0 Å². The van der Waals surface area contributed by atoms with Crippen LogP contribution in [-0.2, 0) is 31.4 Å². The lowest BCUT2D eigenvalue weighted by molar-refractivity contribution is -0.157. The fourth-order valence-electron chi connectivity index (χ4n) is 4.00. The monoisotopic (exact) mass is 549 g/mol. The van der Waals surface area contributed by atoms with Crippen molar-refractivity contribution in [1.82, 2.24) is 19.0 Å². The minimum atomic E-state index is -4.01. The SMILES string of the molecule is C[C@@H](C(=O)OC(C)(C)C)N(C(=O)[C@@H]1CCCN1S(=O)(=O)c1cnn(C)c1)c1ccc(OC(=O)N(C)C)cc1. The van der Waals surface area contributed by atoms with Crippen molar-refractivity contribution < 1.29 is 32.3 Å². The topological polar surface area (TPSA) is 131 Å². The van der Waals surface area contributed by atoms with Crippen molar-refractivity contribution in [2.75, 3.05) is 25.5 Å². The van der Waals surface area contributed by atoms with Gasteiger partial charge < -0.3 is 14.4 Å². The summed E-state index contributed by atoms with van der Waals surface area (Å²) in [6.07, 6.45) is 2.81. The van der Waals surface area contributed by atoms with Gasteiger partial charge in [-0.15, -0.1) is 0 Å². The molecule has 208 valence electrons. The molecular weight excluding hydrogens is 514 g/mol. The Morgan fingerprint density at radius 1 is 1.13 bits per heavy atom. The number of hydrogen-bond donors (Lipinski definition) is 0. The van der Waals surface area contributed by atoms with Gasteiger partial charge in [-0.25, -0.2) is 18.0 Å². The zero-order valence-electron chi connectivity index (χ0n) is 22.7. The third-order valence-electron chi connectivity index (χ3n) is 5.83. The fourth-order valence-corrected chi connectivity index (χ4v) is 5.64. The summed E-state index contributed by atoms with van der Waals surface area (Å²) in [5.74, 6) is -0.966. The molecule has 0 aliphatic carbocycles. The Bertz CT molecular complexity index is 1280. The highest BCUT2D eigenvalue weighted by molar-refractivity contribution is 7.89. The van der Waals surface area contributed by atoms with Crippen LogP contribution in [-0.4, -0.2) is 83.7 Å². The lowest BCUT2D eigenvalue weighted by Gasteiger charge is -2.34. The molecule has 0 spiro atoms. The third-order valence-corrected chi connectivity index (χ3v) is 7.70. The van der Waals surface area contributed by atoms with E-state index in [-0.39, 0.29) is 23.6 Å². The van der Waals surface area contributed by atoms with Gasteiger partial charge in [-0.05, 0) is 64.8 Å². The molecule has 2 heterocycles. The predicted octanol–water partition coefficient (Wildman–Crippen LogP) is 2.40. The standard InChI is InChI=1S/C25H35N5O7S/c1-17(23(32)37-25(2,3)4)30(18-10-12-19(13-11-18)36-24(33)27(5)6)22(31)21-9-8-14-29(21)38(34,35)20-15-26-28(7)16-20/h10-13,15-17,21H,8-9,14H2,1-7H3/t17-,21-/m0/s1. The molecule has 1 saturated heterocycles. The molecule has 13 heteroatoms. The molecule has 2 amide bonds. The smallest absolute Gasteiger partial charge is 0.414 e. The number of carbonyl (C=O) groups is 3. The average molecular weight is 550 g/mol. The van der Waals surface area contributed by atoms with E-state index in [4.69, 9.17) is 9.47 Å². The second-order valence-electron chi connectivity index (χ2n) is 10.3. The van der Waals surface area contributed by atoms with Crippen LogP contribution >= 0.6 is 0 Å². The number of rotatable bonds is 7. The molecule has 38 heavy (non-hydrogen) atoms. The summed E-state index contributed by atoms with van der Waals surface area (Å²) in [5.41, 5.74) is -0.475. The van der Waals surface area contributed by atoms with Crippen molar-refractivity contribution in [1.29, 1.82) is 0 Å². The first kappa shape index (κ1) is 29.1. The maximum absolute atomic E-state index is 14.0. The van der Waals surface area contributed by atoms with Gasteiger partial charge in [0.1, 0.15) is 28.3 Å². The molecule has 1 fully saturated rings. The van der Waals surface area contributed by atoms with Crippen LogP contribution in [0.2, 0.25) is 0 Å². The van der Waals surface area contributed by atoms with Gasteiger partial charge >= 0.3 is 12.1 Å². The average Bonchev–Trinajstić information content (AvgIpc) is 3.49. The minimum Gasteiger partial charge on any atom is -0.458 e. The van der Waals surface area contributed by atoms with Gasteiger partial charge in [-0.3, -0.25) is 14.4 Å². The number of hydrogen-bond acceptors (Lipinski definition) is 8. The Hall–Kier alpha value is -3.45. The molecule has 2 atom stereocenters. The van der Waals surface area contributed by atoms with E-state index in [1.807, 2.05) is 0 Å². The normalized spacial score (nSPS) is 17.1. The number of ether oxygens (including phenoxy) is 2. The molecule has 0 radical (unpaired) electrons. The second kappa shape index (κ2) is 11.1. The van der Waals surface area contributed by atoms with Gasteiger partial charge in [0.2, 0.25) is 15.9 Å². The van der Waals surface area contributed by atoms with Crippen LogP contribution in [0, 0.1) is 0 Å². The van der Waals surface area contributed by atoms with Crippen LogP contribution in [0.25, 0.3) is 0 Å². The number of aryl methyl sites for hydroxylation is 1. The number of amides is 2. The van der Waals surface area contributed by atoms with Crippen molar-refractivity contribution in [3.63, 3.8) is 0 Å². The molecule has 0 N–H and O–H groups in total. The van der Waals surface area contributed by atoms with Crippen LogP contribution in [0.15, 0.2) is 41.6 Å². The summed E-state index contributed by atoms with van der Waals surface area (Å²) in [4.78, 5) is 41.5. The summed E-state index contributed by atoms with van der Waals surface area (Å²) < 4.78 is 40.1. The Balaban J connectivity index is 1.97. The number of benzene rings is 1. The third kappa shape index (κ3) is 6.51. The number of carbonyl (C=O) groups excluding carboxylic acids is 3. The number of esters is 1. The number of nitrogens with zero attached hydrogens (tertiary/aromatic N) is 5. The Morgan fingerprint density at radius 2 is 1.76 bits per heavy atom. The molecule has 0 saturated carbocycles. The van der Waals surface area contributed by atoms with Crippen LogP contribution in [0.1, 0.15) is 40.5 Å². The van der Waals surface area contributed by atoms with Crippen LogP contribution in [0.5, 0.6) is 5.75 Å². The highest BCUT2D eigenvalue weighted by atomic mass is 32.2. The van der Waals surface area contributed by atoms with Crippen molar-refractivity contribution in [3.05, 3.63) is 36.7 Å². The highest BCUT2D eigenvalue weighted by Gasteiger charge is 2.44. The zero-order valence-corrected chi connectivity index (χ0v) is 23.6. The summed E-state index contributed by atoms with van der Waals surface area (Å²) in [6.45, 7) is 6.84. The maximum Gasteiger partial charge on any atom is 0.414 e. The van der Waals surface area contributed by atoms with Crippen molar-refractivity contribution in [2.24, 2.45) is 7.05 Å². The Labute approximate surface area is 223 Å². The number of anilines is 1. The van der Waals surface area contributed by atoms with Crippen molar-refractivity contribution in [3.8, 4) is 5.75 Å². The predicted molar refractivity (Wildman–Crippen MR) is 139 cm³/mol. The first-order valence-electron chi connectivity index (χ1n) is 12.2. The Kier molecular flexibility index (Phi) is 8.52. The summed E-state index contributed by atoms with van der Waals surface area (Å²) in [6, 6.07) is 3.96. The minimum absolute atomic E-state index is 0.0153. The summed E-state index contributed by atoms with van der Waals surface area (Å²) in [5, 5.41) is 3.95. The zero-order chi connectivity index (χ0) is 28.4. The molecule has 1 aromatic heterocycles. The maximum atomic E-state index is 14.0. The molecule has 1 aliphatic heterocycles. The molecular formula is C25H35N5O7S. The molecule has 3 rings (SSSR count). The molecule has 1 aromatic carbocycles. The molecule has 0 unspecified atom stereocenters. The van der Waals surface area contributed by atoms with Gasteiger partial charge in [-0.2, -0.15) is 9.40 Å². The van der Waals surface area contributed by atoms with E-state index >= 15 is 0 Å². The van der Waals surface area contributed by atoms with Crippen molar-refractivity contribution in [2.45, 2.75) is 63.1 Å². The van der Waals surface area contributed by atoms with Gasteiger partial charge in [0, 0.05) is 39.6 Å². The van der Waals surface area contributed by atoms with E-state index in [1.54, 1.807) is 41.9 Å². The van der Waals surface area contributed by atoms with Crippen molar-refractivity contribution >= 4 is 33.7 Å². The lowest BCUT2D eigenvalue weighted by Crippen LogP contribution is -2.53. The first-order chi connectivity index (χ1) is 17.6. The van der Waals surface area contributed by atoms with E-state index in [2.05, 4.69) is 5.10 Å². The second-order valence-corrected chi connectivity index (χ2v) is 12.2. The number of aromatic nitrogens is 2. The van der Waals surface area contributed by atoms with E-state index in [1.165, 1.54) is 58.1 Å². The van der Waals surface area contributed by atoms with Crippen LogP contribution in [0.4, 0.5) is 10.5 Å². The molecule has 0 bridgehead atoms.